The van der Waals surface area contributed by atoms with E-state index in [1.54, 1.807) is 0 Å². The predicted octanol–water partition coefficient (Wildman–Crippen LogP) is 2.23. The van der Waals surface area contributed by atoms with Crippen LogP contribution in [-0.4, -0.2) is 10.7 Å². The molecule has 1 aliphatic rings. The Balaban J connectivity index is 2.25. The van der Waals surface area contributed by atoms with Crippen molar-refractivity contribution in [3.05, 3.63) is 40.1 Å². The first-order valence-electron chi connectivity index (χ1n) is 5.60. The van der Waals surface area contributed by atoms with Gasteiger partial charge in [-0.3, -0.25) is 14.9 Å². The minimum absolute atomic E-state index is 0.0329. The molecule has 1 aromatic rings. The van der Waals surface area contributed by atoms with Gasteiger partial charge in [0.25, 0.3) is 5.69 Å². The molecule has 0 amide bonds. The van der Waals surface area contributed by atoms with Gasteiger partial charge >= 0.3 is 0 Å². The fourth-order valence-corrected chi connectivity index (χ4v) is 1.83. The third-order valence-electron chi connectivity index (χ3n) is 2.75. The van der Waals surface area contributed by atoms with Gasteiger partial charge in [-0.15, -0.1) is 0 Å². The number of ketones is 1. The van der Waals surface area contributed by atoms with Gasteiger partial charge in [-0.1, -0.05) is 0 Å². The van der Waals surface area contributed by atoms with Gasteiger partial charge < -0.3 is 11.1 Å². The number of non-ortho nitro benzene ring substituents is 1. The van der Waals surface area contributed by atoms with Crippen molar-refractivity contribution in [3.63, 3.8) is 0 Å². The van der Waals surface area contributed by atoms with E-state index < -0.39 is 4.92 Å². The Labute approximate surface area is 104 Å². The van der Waals surface area contributed by atoms with Crippen LogP contribution < -0.4 is 11.1 Å². The lowest BCUT2D eigenvalue weighted by atomic mass is 10.0. The average Bonchev–Trinajstić information content (AvgIpc) is 2.31. The highest BCUT2D eigenvalue weighted by atomic mass is 16.6. The summed E-state index contributed by atoms with van der Waals surface area (Å²) in [4.78, 5) is 21.5. The highest BCUT2D eigenvalue weighted by Crippen LogP contribution is 2.27. The lowest BCUT2D eigenvalue weighted by Gasteiger charge is -2.15. The maximum Gasteiger partial charge on any atom is 0.271 e. The van der Waals surface area contributed by atoms with Gasteiger partial charge in [-0.05, 0) is 18.9 Å². The zero-order valence-corrected chi connectivity index (χ0v) is 9.68. The molecule has 18 heavy (non-hydrogen) atoms. The number of nitrogen functional groups attached to an aromatic ring is 1. The summed E-state index contributed by atoms with van der Waals surface area (Å²) in [6.07, 6.45) is 3.61. The normalized spacial score (nSPS) is 15.1. The lowest BCUT2D eigenvalue weighted by Crippen LogP contribution is -2.10. The second-order valence-electron chi connectivity index (χ2n) is 4.14. The summed E-state index contributed by atoms with van der Waals surface area (Å²) in [6, 6.07) is 4.20. The SMILES string of the molecule is Nc1ccc([N+](=O)[O-])cc1NC1=CC(=O)CCC1. The monoisotopic (exact) mass is 247 g/mol. The van der Waals surface area contributed by atoms with Gasteiger partial charge in [-0.2, -0.15) is 0 Å². The number of carbonyl (C=O) groups excluding carboxylic acids is 1. The summed E-state index contributed by atoms with van der Waals surface area (Å²) < 4.78 is 0. The molecule has 0 aromatic heterocycles. The molecule has 0 bridgehead atoms. The van der Waals surface area contributed by atoms with Gasteiger partial charge in [0, 0.05) is 30.3 Å². The molecular weight excluding hydrogens is 234 g/mol. The number of nitro groups is 1. The first kappa shape index (κ1) is 12.1. The molecule has 6 nitrogen and oxygen atoms in total. The number of benzene rings is 1. The zero-order chi connectivity index (χ0) is 13.1. The molecule has 2 rings (SSSR count). The number of nitrogens with zero attached hydrogens (tertiary/aromatic N) is 1. The van der Waals surface area contributed by atoms with E-state index in [-0.39, 0.29) is 11.5 Å². The van der Waals surface area contributed by atoms with E-state index in [0.29, 0.717) is 17.8 Å². The number of hydrogen-bond acceptors (Lipinski definition) is 5. The smallest absolute Gasteiger partial charge is 0.271 e. The van der Waals surface area contributed by atoms with Crippen molar-refractivity contribution in [3.8, 4) is 0 Å². The van der Waals surface area contributed by atoms with Crippen LogP contribution in [0.15, 0.2) is 30.0 Å². The molecule has 0 saturated heterocycles. The van der Waals surface area contributed by atoms with Crippen LogP contribution in [0.2, 0.25) is 0 Å². The Morgan fingerprint density at radius 3 is 2.78 bits per heavy atom. The van der Waals surface area contributed by atoms with Gasteiger partial charge in [0.15, 0.2) is 5.78 Å². The highest BCUT2D eigenvalue weighted by Gasteiger charge is 2.13. The average molecular weight is 247 g/mol. The van der Waals surface area contributed by atoms with Crippen LogP contribution in [0.1, 0.15) is 19.3 Å². The Hall–Kier alpha value is -2.37. The minimum atomic E-state index is -0.481. The minimum Gasteiger partial charge on any atom is -0.397 e. The van der Waals surface area contributed by atoms with E-state index in [1.807, 2.05) is 0 Å². The molecule has 1 aromatic carbocycles. The topological polar surface area (TPSA) is 98.3 Å². The summed E-state index contributed by atoms with van der Waals surface area (Å²) in [5, 5.41) is 13.7. The summed E-state index contributed by atoms with van der Waals surface area (Å²) in [6.45, 7) is 0. The molecule has 0 heterocycles. The van der Waals surface area contributed by atoms with Gasteiger partial charge in [0.05, 0.1) is 16.3 Å². The molecule has 6 heteroatoms. The quantitative estimate of drug-likeness (QED) is 0.484. The maximum absolute atomic E-state index is 11.3. The fourth-order valence-electron chi connectivity index (χ4n) is 1.83. The van der Waals surface area contributed by atoms with Gasteiger partial charge in [-0.25, -0.2) is 0 Å². The summed E-state index contributed by atoms with van der Waals surface area (Å²) in [5.41, 5.74) is 7.34. The molecule has 0 spiro atoms. The second kappa shape index (κ2) is 4.87. The van der Waals surface area contributed by atoms with Crippen LogP contribution in [0, 0.1) is 10.1 Å². The number of allylic oxidation sites excluding steroid dienone is 2. The van der Waals surface area contributed by atoms with Crippen LogP contribution in [0.25, 0.3) is 0 Å². The largest absolute Gasteiger partial charge is 0.397 e. The second-order valence-corrected chi connectivity index (χ2v) is 4.14. The Morgan fingerprint density at radius 1 is 1.33 bits per heavy atom. The number of nitrogens with two attached hydrogens (primary N) is 1. The van der Waals surface area contributed by atoms with E-state index >= 15 is 0 Å². The third-order valence-corrected chi connectivity index (χ3v) is 2.75. The molecular formula is C12H13N3O3. The molecule has 0 saturated carbocycles. The number of nitrogens with one attached hydrogen (secondary N) is 1. The van der Waals surface area contributed by atoms with Gasteiger partial charge in [0.2, 0.25) is 0 Å². The van der Waals surface area contributed by atoms with E-state index in [0.717, 1.165) is 18.5 Å². The number of nitro benzene ring substituents is 1. The van der Waals surface area contributed by atoms with Crippen molar-refractivity contribution < 1.29 is 9.72 Å². The first-order chi connectivity index (χ1) is 8.56. The predicted molar refractivity (Wildman–Crippen MR) is 68.1 cm³/mol. The highest BCUT2D eigenvalue weighted by molar-refractivity contribution is 5.92. The van der Waals surface area contributed by atoms with E-state index in [2.05, 4.69) is 5.32 Å². The molecule has 3 N–H and O–H groups in total. The van der Waals surface area contributed by atoms with Crippen LogP contribution in [-0.2, 0) is 4.79 Å². The van der Waals surface area contributed by atoms with Crippen molar-refractivity contribution in [2.45, 2.75) is 19.3 Å². The third kappa shape index (κ3) is 2.65. The summed E-state index contributed by atoms with van der Waals surface area (Å²) in [7, 11) is 0. The Kier molecular flexibility index (Phi) is 3.27. The Bertz CT molecular complexity index is 537. The van der Waals surface area contributed by atoms with E-state index in [1.165, 1.54) is 24.3 Å². The number of carbonyl (C=O) groups is 1. The van der Waals surface area contributed by atoms with Gasteiger partial charge in [0.1, 0.15) is 0 Å². The molecule has 94 valence electrons. The van der Waals surface area contributed by atoms with Crippen LogP contribution in [0.4, 0.5) is 17.1 Å². The van der Waals surface area contributed by atoms with Crippen LogP contribution in [0.5, 0.6) is 0 Å². The Morgan fingerprint density at radius 2 is 2.11 bits per heavy atom. The molecule has 0 unspecified atom stereocenters. The molecule has 0 aliphatic heterocycles. The number of rotatable bonds is 3. The van der Waals surface area contributed by atoms with E-state index in [4.69, 9.17) is 5.73 Å². The maximum atomic E-state index is 11.3. The standard InChI is InChI=1S/C12H13N3O3/c13-11-5-4-9(15(17)18)7-12(11)14-8-2-1-3-10(16)6-8/h4-7,14H,1-3,13H2. The molecule has 0 radical (unpaired) electrons. The van der Waals surface area contributed by atoms with Crippen molar-refractivity contribution in [2.24, 2.45) is 0 Å². The van der Waals surface area contributed by atoms with Crippen LogP contribution >= 0.6 is 0 Å². The fraction of sp³-hybridized carbons (Fsp3) is 0.250. The number of hydrogen-bond donors (Lipinski definition) is 2. The molecule has 0 fully saturated rings. The zero-order valence-electron chi connectivity index (χ0n) is 9.68. The van der Waals surface area contributed by atoms with Crippen molar-refractivity contribution in [2.75, 3.05) is 11.1 Å². The van der Waals surface area contributed by atoms with Crippen LogP contribution in [0.3, 0.4) is 0 Å². The van der Waals surface area contributed by atoms with Crippen molar-refractivity contribution >= 4 is 22.8 Å². The van der Waals surface area contributed by atoms with E-state index in [9.17, 15) is 14.9 Å². The molecule has 0 atom stereocenters. The summed E-state index contributed by atoms with van der Waals surface area (Å²) in [5.74, 6) is 0.0627. The molecule has 1 aliphatic carbocycles. The van der Waals surface area contributed by atoms with Crippen molar-refractivity contribution in [1.82, 2.24) is 0 Å². The number of anilines is 2. The van der Waals surface area contributed by atoms with Crippen molar-refractivity contribution in [1.29, 1.82) is 0 Å². The first-order valence-corrected chi connectivity index (χ1v) is 5.60. The lowest BCUT2D eigenvalue weighted by molar-refractivity contribution is -0.384. The summed E-state index contributed by atoms with van der Waals surface area (Å²) >= 11 is 0.